The number of hydrogen-bond acceptors (Lipinski definition) is 4. The van der Waals surface area contributed by atoms with E-state index in [-0.39, 0.29) is 42.5 Å². The predicted molar refractivity (Wildman–Crippen MR) is 141 cm³/mol. The van der Waals surface area contributed by atoms with Crippen LogP contribution in [-0.4, -0.2) is 43.9 Å². The summed E-state index contributed by atoms with van der Waals surface area (Å²) in [6, 6.07) is 13.4. The van der Waals surface area contributed by atoms with Crippen molar-refractivity contribution in [2.24, 2.45) is 0 Å². The maximum atomic E-state index is 13.8. The highest BCUT2D eigenvalue weighted by atomic mass is 32.2. The number of alkyl halides is 6. The summed E-state index contributed by atoms with van der Waals surface area (Å²) in [7, 11) is -4.58. The standard InChI is InChI=1S/C29H25F7N2O4S/c30-20-8-11-22(12-9-20)43(41,42)38-21(15-26(39)37-24-16-23(24)17-4-2-1-3-5-17)10-6-18-14-19(7-13-25(18)38)27(40,28(31,32)33)29(34,35)36/h1-5,7-9,11-14,21,23-24,40H,6,10,15-16H2,(H,37,39)/t21-,23+,24-/m0/s1. The first-order valence-electron chi connectivity index (χ1n) is 13.2. The number of halogens is 7. The van der Waals surface area contributed by atoms with E-state index >= 15 is 0 Å². The molecule has 1 amide bonds. The van der Waals surface area contributed by atoms with Gasteiger partial charge in [-0.3, -0.25) is 9.10 Å². The van der Waals surface area contributed by atoms with Crippen molar-refractivity contribution in [3.8, 4) is 0 Å². The number of hydrogen-bond donors (Lipinski definition) is 2. The molecule has 0 aromatic heterocycles. The number of aliphatic hydroxyl groups is 1. The van der Waals surface area contributed by atoms with Gasteiger partial charge in [0.15, 0.2) is 0 Å². The van der Waals surface area contributed by atoms with Crippen LogP contribution in [-0.2, 0) is 26.8 Å². The van der Waals surface area contributed by atoms with Crippen LogP contribution in [0, 0.1) is 5.82 Å². The first kappa shape index (κ1) is 30.8. The van der Waals surface area contributed by atoms with Crippen molar-refractivity contribution in [3.63, 3.8) is 0 Å². The fraction of sp³-hybridized carbons (Fsp3) is 0.345. The van der Waals surface area contributed by atoms with E-state index in [1.165, 1.54) is 0 Å². The van der Waals surface area contributed by atoms with E-state index in [0.29, 0.717) is 18.6 Å². The number of anilines is 1. The lowest BCUT2D eigenvalue weighted by molar-refractivity contribution is -0.376. The van der Waals surface area contributed by atoms with E-state index in [1.54, 1.807) is 0 Å². The lowest BCUT2D eigenvalue weighted by atomic mass is 9.87. The van der Waals surface area contributed by atoms with Gasteiger partial charge < -0.3 is 10.4 Å². The zero-order valence-corrected chi connectivity index (χ0v) is 23.0. The van der Waals surface area contributed by atoms with Gasteiger partial charge in [-0.2, -0.15) is 26.3 Å². The molecule has 0 bridgehead atoms. The van der Waals surface area contributed by atoms with Gasteiger partial charge in [-0.15, -0.1) is 0 Å². The minimum absolute atomic E-state index is 0.0794. The van der Waals surface area contributed by atoms with Crippen molar-refractivity contribution in [1.82, 2.24) is 5.32 Å². The molecular weight excluding hydrogens is 605 g/mol. The minimum atomic E-state index is -6.13. The van der Waals surface area contributed by atoms with Gasteiger partial charge in [0.1, 0.15) is 5.82 Å². The predicted octanol–water partition coefficient (Wildman–Crippen LogP) is 5.71. The first-order valence-corrected chi connectivity index (χ1v) is 14.6. The summed E-state index contributed by atoms with van der Waals surface area (Å²) in [5.41, 5.74) is -6.17. The molecule has 0 radical (unpaired) electrons. The van der Waals surface area contributed by atoms with E-state index in [2.05, 4.69) is 5.32 Å². The van der Waals surface area contributed by atoms with Crippen molar-refractivity contribution in [2.45, 2.75) is 66.5 Å². The Kier molecular flexibility index (Phi) is 7.74. The molecule has 0 saturated heterocycles. The van der Waals surface area contributed by atoms with Crippen molar-refractivity contribution >= 4 is 21.6 Å². The Morgan fingerprint density at radius 2 is 1.56 bits per heavy atom. The summed E-state index contributed by atoms with van der Waals surface area (Å²) < 4.78 is 123. The molecule has 0 spiro atoms. The Labute approximate surface area is 242 Å². The Hall–Kier alpha value is -3.65. The highest BCUT2D eigenvalue weighted by molar-refractivity contribution is 7.92. The van der Waals surface area contributed by atoms with Gasteiger partial charge in [0.25, 0.3) is 15.6 Å². The van der Waals surface area contributed by atoms with Crippen molar-refractivity contribution in [1.29, 1.82) is 0 Å². The van der Waals surface area contributed by atoms with E-state index in [9.17, 15) is 49.1 Å². The average molecular weight is 631 g/mol. The van der Waals surface area contributed by atoms with Gasteiger partial charge >= 0.3 is 12.4 Å². The molecule has 2 N–H and O–H groups in total. The molecule has 3 aromatic carbocycles. The van der Waals surface area contributed by atoms with Gasteiger partial charge in [0.05, 0.1) is 16.6 Å². The van der Waals surface area contributed by atoms with Gasteiger partial charge in [-0.05, 0) is 60.7 Å². The lowest BCUT2D eigenvalue weighted by Gasteiger charge is -2.39. The van der Waals surface area contributed by atoms with Crippen molar-refractivity contribution < 1.29 is 49.1 Å². The molecule has 5 rings (SSSR count). The molecule has 1 aliphatic heterocycles. The number of carbonyl (C=O) groups is 1. The maximum Gasteiger partial charge on any atom is 0.430 e. The Balaban J connectivity index is 1.48. The van der Waals surface area contributed by atoms with Crippen LogP contribution in [0.1, 0.15) is 41.9 Å². The number of sulfonamides is 1. The Morgan fingerprint density at radius 3 is 2.16 bits per heavy atom. The number of amides is 1. The second-order valence-corrected chi connectivity index (χ2v) is 12.4. The zero-order chi connectivity index (χ0) is 31.4. The largest absolute Gasteiger partial charge is 0.430 e. The van der Waals surface area contributed by atoms with E-state index in [4.69, 9.17) is 0 Å². The van der Waals surface area contributed by atoms with Crippen LogP contribution in [0.15, 0.2) is 77.7 Å². The lowest BCUT2D eigenvalue weighted by Crippen LogP contribution is -2.54. The summed E-state index contributed by atoms with van der Waals surface area (Å²) in [6.07, 6.45) is -12.3. The number of rotatable bonds is 7. The number of nitrogens with zero attached hydrogens (tertiary/aromatic N) is 1. The number of benzene rings is 3. The maximum absolute atomic E-state index is 13.8. The molecule has 2 aliphatic rings. The van der Waals surface area contributed by atoms with Crippen molar-refractivity contribution in [2.75, 3.05) is 4.31 Å². The fourth-order valence-corrected chi connectivity index (χ4v) is 7.20. The summed E-state index contributed by atoms with van der Waals surface area (Å²) >= 11 is 0. The van der Waals surface area contributed by atoms with Crippen LogP contribution in [0.3, 0.4) is 0 Å². The molecular formula is C29H25F7N2O4S. The normalized spacial score (nSPS) is 20.8. The Bertz CT molecular complexity index is 1600. The molecule has 43 heavy (non-hydrogen) atoms. The quantitative estimate of drug-likeness (QED) is 0.328. The molecule has 0 unspecified atom stereocenters. The average Bonchev–Trinajstić information content (AvgIpc) is 3.70. The van der Waals surface area contributed by atoms with Gasteiger partial charge in [0.2, 0.25) is 5.91 Å². The third-order valence-corrected chi connectivity index (χ3v) is 9.67. The van der Waals surface area contributed by atoms with E-state index in [1.807, 2.05) is 30.3 Å². The number of fused-ring (bicyclic) bond motifs is 1. The summed E-state index contributed by atoms with van der Waals surface area (Å²) in [5, 5.41) is 12.7. The van der Waals surface area contributed by atoms with Crippen LogP contribution in [0.2, 0.25) is 0 Å². The third kappa shape index (κ3) is 5.69. The molecule has 1 fully saturated rings. The summed E-state index contributed by atoms with van der Waals surface area (Å²) in [5.74, 6) is -1.15. The number of nitrogens with one attached hydrogen (secondary N) is 1. The van der Waals surface area contributed by atoms with Crippen LogP contribution < -0.4 is 9.62 Å². The molecule has 14 heteroatoms. The first-order chi connectivity index (χ1) is 20.0. The van der Waals surface area contributed by atoms with Crippen LogP contribution >= 0.6 is 0 Å². The van der Waals surface area contributed by atoms with Gasteiger partial charge in [-0.25, -0.2) is 12.8 Å². The SMILES string of the molecule is O=C(C[C@@H]1CCc2cc(C(O)(C(F)(F)F)C(F)(F)F)ccc2N1S(=O)(=O)c1ccc(F)cc1)N[C@H]1C[C@@H]1c1ccccc1. The number of aryl methyl sites for hydroxylation is 1. The summed E-state index contributed by atoms with van der Waals surface area (Å²) in [6.45, 7) is 0. The smallest absolute Gasteiger partial charge is 0.369 e. The van der Waals surface area contributed by atoms with Crippen LogP contribution in [0.5, 0.6) is 0 Å². The highest BCUT2D eigenvalue weighted by Gasteiger charge is 2.71. The monoisotopic (exact) mass is 630 g/mol. The molecule has 3 aromatic rings. The van der Waals surface area contributed by atoms with Crippen LogP contribution in [0.4, 0.5) is 36.4 Å². The topological polar surface area (TPSA) is 86.7 Å². The highest BCUT2D eigenvalue weighted by Crippen LogP contribution is 2.51. The molecule has 6 nitrogen and oxygen atoms in total. The minimum Gasteiger partial charge on any atom is -0.369 e. The molecule has 1 aliphatic carbocycles. The molecule has 1 heterocycles. The second-order valence-electron chi connectivity index (χ2n) is 10.6. The van der Waals surface area contributed by atoms with E-state index in [0.717, 1.165) is 40.2 Å². The summed E-state index contributed by atoms with van der Waals surface area (Å²) in [4.78, 5) is 12.6. The van der Waals surface area contributed by atoms with Gasteiger partial charge in [0, 0.05) is 23.9 Å². The van der Waals surface area contributed by atoms with Gasteiger partial charge in [-0.1, -0.05) is 42.5 Å². The molecule has 230 valence electrons. The zero-order valence-electron chi connectivity index (χ0n) is 22.2. The Morgan fingerprint density at radius 1 is 0.930 bits per heavy atom. The van der Waals surface area contributed by atoms with Crippen molar-refractivity contribution in [3.05, 3.63) is 95.3 Å². The molecule has 1 saturated carbocycles. The van der Waals surface area contributed by atoms with Crippen LogP contribution in [0.25, 0.3) is 0 Å². The number of carbonyl (C=O) groups excluding carboxylic acids is 1. The third-order valence-electron chi connectivity index (χ3n) is 7.79. The second kappa shape index (κ2) is 10.8. The molecule has 3 atom stereocenters. The fourth-order valence-electron chi connectivity index (χ4n) is 5.48. The van der Waals surface area contributed by atoms with E-state index < -0.39 is 56.2 Å².